The molecule has 0 aliphatic heterocycles. The summed E-state index contributed by atoms with van der Waals surface area (Å²) in [4.78, 5) is 12.4. The number of benzene rings is 1. The van der Waals surface area contributed by atoms with Crippen molar-refractivity contribution in [2.75, 3.05) is 0 Å². The first-order chi connectivity index (χ1) is 9.16. The second kappa shape index (κ2) is 6.84. The van der Waals surface area contributed by atoms with Gasteiger partial charge in [0.1, 0.15) is 6.04 Å². The first-order valence-electron chi connectivity index (χ1n) is 5.89. The summed E-state index contributed by atoms with van der Waals surface area (Å²) < 4.78 is 1.02. The van der Waals surface area contributed by atoms with E-state index in [-0.39, 0.29) is 0 Å². The van der Waals surface area contributed by atoms with E-state index in [4.69, 9.17) is 0 Å². The Balaban J connectivity index is 1.97. The zero-order valence-electron chi connectivity index (χ0n) is 10.2. The van der Waals surface area contributed by atoms with Crippen LogP contribution in [0.3, 0.4) is 0 Å². The molecule has 2 aromatic rings. The molecule has 1 atom stereocenters. The Bertz CT molecular complexity index is 541. The molecule has 3 nitrogen and oxygen atoms in total. The third-order valence-electron chi connectivity index (χ3n) is 2.78. The van der Waals surface area contributed by atoms with Crippen LogP contribution in [0, 0.1) is 0 Å². The predicted molar refractivity (Wildman–Crippen MR) is 80.4 cm³/mol. The number of hydrogen-bond acceptors (Lipinski definition) is 3. The number of halogens is 1. The van der Waals surface area contributed by atoms with E-state index in [2.05, 4.69) is 21.2 Å². The second-order valence-corrected chi connectivity index (χ2v) is 6.01. The highest BCUT2D eigenvalue weighted by molar-refractivity contribution is 9.10. The maximum Gasteiger partial charge on any atom is 0.321 e. The molecule has 0 spiro atoms. The van der Waals surface area contributed by atoms with Crippen LogP contribution in [0.4, 0.5) is 0 Å². The number of aliphatic carboxylic acids is 1. The summed E-state index contributed by atoms with van der Waals surface area (Å²) in [5.74, 6) is -0.823. The summed E-state index contributed by atoms with van der Waals surface area (Å²) in [5.41, 5.74) is 1.02. The van der Waals surface area contributed by atoms with Crippen LogP contribution >= 0.6 is 27.3 Å². The Morgan fingerprint density at radius 3 is 2.63 bits per heavy atom. The van der Waals surface area contributed by atoms with Gasteiger partial charge < -0.3 is 5.11 Å². The maximum atomic E-state index is 11.3. The largest absolute Gasteiger partial charge is 0.480 e. The first-order valence-corrected chi connectivity index (χ1v) is 7.56. The average Bonchev–Trinajstić information content (AvgIpc) is 2.81. The van der Waals surface area contributed by atoms with Gasteiger partial charge in [-0.3, -0.25) is 10.1 Å². The lowest BCUT2D eigenvalue weighted by Gasteiger charge is -2.14. The number of carbonyl (C=O) groups is 1. The van der Waals surface area contributed by atoms with E-state index in [0.717, 1.165) is 14.9 Å². The lowest BCUT2D eigenvalue weighted by atomic mass is 10.1. The van der Waals surface area contributed by atoms with Crippen LogP contribution in [0.25, 0.3) is 0 Å². The van der Waals surface area contributed by atoms with Gasteiger partial charge in [0.25, 0.3) is 0 Å². The van der Waals surface area contributed by atoms with Gasteiger partial charge in [0.15, 0.2) is 0 Å². The van der Waals surface area contributed by atoms with Crippen molar-refractivity contribution in [1.82, 2.24) is 5.32 Å². The van der Waals surface area contributed by atoms with Gasteiger partial charge in [-0.2, -0.15) is 0 Å². The van der Waals surface area contributed by atoms with Crippen molar-refractivity contribution >= 4 is 33.2 Å². The number of carboxylic acid groups (broad SMARTS) is 1. The molecule has 0 aliphatic carbocycles. The quantitative estimate of drug-likeness (QED) is 0.848. The third kappa shape index (κ3) is 4.16. The summed E-state index contributed by atoms with van der Waals surface area (Å²) in [6, 6.07) is 11.0. The Morgan fingerprint density at radius 1 is 1.32 bits per heavy atom. The fraction of sp³-hybridized carbons (Fsp3) is 0.214. The molecule has 5 heteroatoms. The van der Waals surface area contributed by atoms with E-state index in [9.17, 15) is 9.90 Å². The van der Waals surface area contributed by atoms with E-state index in [1.54, 1.807) is 11.3 Å². The van der Waals surface area contributed by atoms with Gasteiger partial charge in [-0.05, 0) is 39.4 Å². The molecule has 0 fully saturated rings. The van der Waals surface area contributed by atoms with E-state index in [1.165, 1.54) is 0 Å². The van der Waals surface area contributed by atoms with Crippen molar-refractivity contribution < 1.29 is 9.90 Å². The number of rotatable bonds is 6. The van der Waals surface area contributed by atoms with Crippen molar-refractivity contribution in [2.45, 2.75) is 19.0 Å². The minimum Gasteiger partial charge on any atom is -0.480 e. The molecule has 19 heavy (non-hydrogen) atoms. The van der Waals surface area contributed by atoms with E-state index in [1.807, 2.05) is 41.8 Å². The molecule has 0 bridgehead atoms. The van der Waals surface area contributed by atoms with Crippen LogP contribution in [0.15, 0.2) is 46.3 Å². The number of nitrogens with one attached hydrogen (secondary N) is 1. The molecule has 1 aromatic carbocycles. The molecule has 1 aromatic heterocycles. The van der Waals surface area contributed by atoms with Crippen LogP contribution < -0.4 is 5.32 Å². The first kappa shape index (κ1) is 14.2. The molecule has 0 saturated heterocycles. The SMILES string of the molecule is O=C(O)C(Cc1ccccc1)NCc1sccc1Br. The molecule has 2 N–H and O–H groups in total. The standard InChI is InChI=1S/C14H14BrNO2S/c15-11-6-7-19-13(11)9-16-12(14(17)18)8-10-4-2-1-3-5-10/h1-7,12,16H,8-9H2,(H,17,18). The van der Waals surface area contributed by atoms with E-state index < -0.39 is 12.0 Å². The molecule has 100 valence electrons. The summed E-state index contributed by atoms with van der Waals surface area (Å²) in [7, 11) is 0. The maximum absolute atomic E-state index is 11.3. The van der Waals surface area contributed by atoms with Gasteiger partial charge in [-0.15, -0.1) is 11.3 Å². The number of thiophene rings is 1. The Morgan fingerprint density at radius 2 is 2.05 bits per heavy atom. The smallest absolute Gasteiger partial charge is 0.321 e. The van der Waals surface area contributed by atoms with Gasteiger partial charge >= 0.3 is 5.97 Å². The Labute approximate surface area is 124 Å². The fourth-order valence-corrected chi connectivity index (χ4v) is 3.21. The third-order valence-corrected chi connectivity index (χ3v) is 4.71. The summed E-state index contributed by atoms with van der Waals surface area (Å²) in [5, 5.41) is 14.3. The number of carboxylic acids is 1. The minimum atomic E-state index is -0.823. The molecule has 1 unspecified atom stereocenters. The van der Waals surface area contributed by atoms with Gasteiger partial charge in [0.2, 0.25) is 0 Å². The molecular weight excluding hydrogens is 326 g/mol. The Kier molecular flexibility index (Phi) is 5.13. The minimum absolute atomic E-state index is 0.485. The van der Waals surface area contributed by atoms with Gasteiger partial charge in [-0.1, -0.05) is 30.3 Å². The average molecular weight is 340 g/mol. The number of hydrogen-bond donors (Lipinski definition) is 2. The second-order valence-electron chi connectivity index (χ2n) is 4.15. The Hall–Kier alpha value is -1.17. The highest BCUT2D eigenvalue weighted by Gasteiger charge is 2.17. The van der Waals surface area contributed by atoms with Crippen LogP contribution in [-0.2, 0) is 17.8 Å². The summed E-state index contributed by atoms with van der Waals surface area (Å²) in [6.45, 7) is 0.558. The van der Waals surface area contributed by atoms with Crippen molar-refractivity contribution in [1.29, 1.82) is 0 Å². The zero-order valence-corrected chi connectivity index (χ0v) is 12.6. The molecular formula is C14H14BrNO2S. The van der Waals surface area contributed by atoms with Crippen LogP contribution in [0.5, 0.6) is 0 Å². The molecule has 2 rings (SSSR count). The van der Waals surface area contributed by atoms with Gasteiger partial charge in [0, 0.05) is 15.9 Å². The summed E-state index contributed by atoms with van der Waals surface area (Å²) in [6.07, 6.45) is 0.485. The zero-order chi connectivity index (χ0) is 13.7. The van der Waals surface area contributed by atoms with Crippen molar-refractivity contribution in [3.05, 3.63) is 56.7 Å². The lowest BCUT2D eigenvalue weighted by Crippen LogP contribution is -2.37. The normalized spacial score (nSPS) is 12.3. The molecule has 0 amide bonds. The lowest BCUT2D eigenvalue weighted by molar-refractivity contribution is -0.139. The van der Waals surface area contributed by atoms with Gasteiger partial charge in [-0.25, -0.2) is 0 Å². The highest BCUT2D eigenvalue weighted by Crippen LogP contribution is 2.22. The molecule has 0 saturated carbocycles. The van der Waals surface area contributed by atoms with Crippen LogP contribution in [0.1, 0.15) is 10.4 Å². The fourth-order valence-electron chi connectivity index (χ4n) is 1.76. The van der Waals surface area contributed by atoms with Crippen molar-refractivity contribution in [3.8, 4) is 0 Å². The highest BCUT2D eigenvalue weighted by atomic mass is 79.9. The van der Waals surface area contributed by atoms with Crippen molar-refractivity contribution in [2.24, 2.45) is 0 Å². The topological polar surface area (TPSA) is 49.3 Å². The van der Waals surface area contributed by atoms with Crippen LogP contribution in [-0.4, -0.2) is 17.1 Å². The van der Waals surface area contributed by atoms with Crippen LogP contribution in [0.2, 0.25) is 0 Å². The predicted octanol–water partition coefficient (Wildman–Crippen LogP) is 3.30. The van der Waals surface area contributed by atoms with E-state index in [0.29, 0.717) is 13.0 Å². The molecule has 1 heterocycles. The molecule has 0 radical (unpaired) electrons. The van der Waals surface area contributed by atoms with Crippen molar-refractivity contribution in [3.63, 3.8) is 0 Å². The van der Waals surface area contributed by atoms with Gasteiger partial charge in [0.05, 0.1) is 0 Å². The molecule has 0 aliphatic rings. The van der Waals surface area contributed by atoms with E-state index >= 15 is 0 Å². The monoisotopic (exact) mass is 339 g/mol. The summed E-state index contributed by atoms with van der Waals surface area (Å²) >= 11 is 5.05.